The molecule has 2 aromatic rings. The van der Waals surface area contributed by atoms with E-state index >= 15 is 0 Å². The van der Waals surface area contributed by atoms with Gasteiger partial charge in [-0.3, -0.25) is 4.79 Å². The Morgan fingerprint density at radius 1 is 0.846 bits per heavy atom. The SMILES string of the molecule is O=C(Nc1cc(C(F)(F)F)cc(C(F)(F)F)c1)c1cc(Cl)c(Cl)cc1O. The number of benzene rings is 2. The van der Waals surface area contributed by atoms with Crippen LogP contribution in [0.2, 0.25) is 10.0 Å². The summed E-state index contributed by atoms with van der Waals surface area (Å²) in [5.74, 6) is -1.83. The van der Waals surface area contributed by atoms with E-state index in [9.17, 15) is 36.2 Å². The van der Waals surface area contributed by atoms with Crippen LogP contribution in [0.25, 0.3) is 0 Å². The fourth-order valence-electron chi connectivity index (χ4n) is 1.94. The fraction of sp³-hybridized carbons (Fsp3) is 0.133. The zero-order valence-corrected chi connectivity index (χ0v) is 13.8. The largest absolute Gasteiger partial charge is 0.507 e. The van der Waals surface area contributed by atoms with Crippen LogP contribution in [-0.4, -0.2) is 11.0 Å². The second-order valence-electron chi connectivity index (χ2n) is 5.03. The molecule has 0 radical (unpaired) electrons. The summed E-state index contributed by atoms with van der Waals surface area (Å²) in [6, 6.07) is 2.43. The molecule has 1 amide bonds. The third-order valence-electron chi connectivity index (χ3n) is 3.13. The highest BCUT2D eigenvalue weighted by Gasteiger charge is 2.37. The molecule has 11 heteroatoms. The van der Waals surface area contributed by atoms with Crippen molar-refractivity contribution in [3.63, 3.8) is 0 Å². The van der Waals surface area contributed by atoms with Crippen molar-refractivity contribution in [3.05, 3.63) is 57.1 Å². The Labute approximate surface area is 152 Å². The molecule has 0 aromatic heterocycles. The number of carbonyl (C=O) groups excluding carboxylic acids is 1. The minimum Gasteiger partial charge on any atom is -0.507 e. The average molecular weight is 418 g/mol. The monoisotopic (exact) mass is 417 g/mol. The van der Waals surface area contributed by atoms with Crippen LogP contribution in [0, 0.1) is 0 Å². The van der Waals surface area contributed by atoms with Gasteiger partial charge in [-0.15, -0.1) is 0 Å². The molecule has 3 nitrogen and oxygen atoms in total. The lowest BCUT2D eigenvalue weighted by atomic mass is 10.1. The van der Waals surface area contributed by atoms with Crippen LogP contribution in [0.1, 0.15) is 21.5 Å². The summed E-state index contributed by atoms with van der Waals surface area (Å²) in [6.07, 6.45) is -10.1. The van der Waals surface area contributed by atoms with Crippen LogP contribution in [0.3, 0.4) is 0 Å². The minimum atomic E-state index is -5.06. The first-order valence-electron chi connectivity index (χ1n) is 6.58. The number of hydrogen-bond donors (Lipinski definition) is 2. The zero-order valence-electron chi connectivity index (χ0n) is 12.3. The molecular formula is C15H7Cl2F6NO2. The van der Waals surface area contributed by atoms with Gasteiger partial charge in [-0.2, -0.15) is 26.3 Å². The number of phenols is 1. The molecular weight excluding hydrogens is 411 g/mol. The van der Waals surface area contributed by atoms with Crippen LogP contribution >= 0.6 is 23.2 Å². The highest BCUT2D eigenvalue weighted by molar-refractivity contribution is 6.42. The van der Waals surface area contributed by atoms with E-state index in [0.29, 0.717) is 12.1 Å². The number of hydrogen-bond acceptors (Lipinski definition) is 2. The Bertz CT molecular complexity index is 832. The summed E-state index contributed by atoms with van der Waals surface area (Å²) < 4.78 is 76.8. The Balaban J connectivity index is 2.46. The van der Waals surface area contributed by atoms with E-state index in [1.807, 2.05) is 5.32 Å². The third-order valence-corrected chi connectivity index (χ3v) is 3.85. The van der Waals surface area contributed by atoms with Gasteiger partial charge in [0.2, 0.25) is 0 Å². The number of halogens is 8. The predicted molar refractivity (Wildman–Crippen MR) is 82.5 cm³/mol. The van der Waals surface area contributed by atoms with Crippen LogP contribution in [0.15, 0.2) is 30.3 Å². The van der Waals surface area contributed by atoms with Crippen LogP contribution in [0.4, 0.5) is 32.0 Å². The predicted octanol–water partition coefficient (Wildman–Crippen LogP) is 5.99. The van der Waals surface area contributed by atoms with Gasteiger partial charge in [-0.25, -0.2) is 0 Å². The smallest absolute Gasteiger partial charge is 0.416 e. The quantitative estimate of drug-likeness (QED) is 0.589. The molecule has 0 heterocycles. The first-order valence-corrected chi connectivity index (χ1v) is 7.33. The highest BCUT2D eigenvalue weighted by atomic mass is 35.5. The van der Waals surface area contributed by atoms with E-state index in [4.69, 9.17) is 23.2 Å². The molecule has 2 N–H and O–H groups in total. The van der Waals surface area contributed by atoms with Crippen LogP contribution in [-0.2, 0) is 12.4 Å². The van der Waals surface area contributed by atoms with Gasteiger partial charge < -0.3 is 10.4 Å². The Kier molecular flexibility index (Phi) is 5.34. The maximum Gasteiger partial charge on any atom is 0.416 e. The summed E-state index contributed by atoms with van der Waals surface area (Å²) >= 11 is 11.3. The van der Waals surface area contributed by atoms with Gasteiger partial charge >= 0.3 is 12.4 Å². The van der Waals surface area contributed by atoms with Gasteiger partial charge in [-0.05, 0) is 24.3 Å². The van der Waals surface area contributed by atoms with Gasteiger partial charge in [0, 0.05) is 11.8 Å². The van der Waals surface area contributed by atoms with E-state index in [1.54, 1.807) is 0 Å². The molecule has 0 aliphatic carbocycles. The highest BCUT2D eigenvalue weighted by Crippen LogP contribution is 2.38. The number of amides is 1. The van der Waals surface area contributed by atoms with Gasteiger partial charge in [-0.1, -0.05) is 23.2 Å². The summed E-state index contributed by atoms with van der Waals surface area (Å²) in [5.41, 5.74) is -4.44. The maximum absolute atomic E-state index is 12.8. The molecule has 26 heavy (non-hydrogen) atoms. The van der Waals surface area contributed by atoms with Gasteiger partial charge in [0.05, 0.1) is 26.7 Å². The molecule has 0 saturated heterocycles. The second-order valence-corrected chi connectivity index (χ2v) is 5.85. The molecule has 0 bridgehead atoms. The molecule has 0 spiro atoms. The maximum atomic E-state index is 12.8. The van der Waals surface area contributed by atoms with Crippen molar-refractivity contribution < 1.29 is 36.2 Å². The van der Waals surface area contributed by atoms with Crippen molar-refractivity contribution in [2.75, 3.05) is 5.32 Å². The lowest BCUT2D eigenvalue weighted by Crippen LogP contribution is -2.16. The van der Waals surface area contributed by atoms with Gasteiger partial charge in [0.15, 0.2) is 0 Å². The van der Waals surface area contributed by atoms with Gasteiger partial charge in [0.1, 0.15) is 5.75 Å². The molecule has 140 valence electrons. The summed E-state index contributed by atoms with van der Waals surface area (Å²) in [6.45, 7) is 0. The Morgan fingerprint density at radius 2 is 1.31 bits per heavy atom. The van der Waals surface area contributed by atoms with Crippen LogP contribution < -0.4 is 5.32 Å². The normalized spacial score (nSPS) is 12.2. The van der Waals surface area contributed by atoms with Crippen molar-refractivity contribution in [2.24, 2.45) is 0 Å². The van der Waals surface area contributed by atoms with E-state index in [2.05, 4.69) is 0 Å². The molecule has 0 saturated carbocycles. The first kappa shape index (κ1) is 20.2. The number of carbonyl (C=O) groups is 1. The molecule has 2 rings (SSSR count). The summed E-state index contributed by atoms with van der Waals surface area (Å²) in [7, 11) is 0. The average Bonchev–Trinajstić information content (AvgIpc) is 2.48. The van der Waals surface area contributed by atoms with Crippen molar-refractivity contribution in [1.82, 2.24) is 0 Å². The number of phenolic OH excluding ortho intramolecular Hbond substituents is 1. The van der Waals surface area contributed by atoms with E-state index in [-0.39, 0.29) is 16.1 Å². The molecule has 0 aliphatic heterocycles. The molecule has 0 atom stereocenters. The molecule has 0 unspecified atom stereocenters. The Morgan fingerprint density at radius 3 is 1.77 bits per heavy atom. The lowest BCUT2D eigenvalue weighted by Gasteiger charge is -2.15. The van der Waals surface area contributed by atoms with Crippen molar-refractivity contribution in [3.8, 4) is 5.75 Å². The zero-order chi connectivity index (χ0) is 19.9. The summed E-state index contributed by atoms with van der Waals surface area (Å²) in [4.78, 5) is 12.1. The van der Waals surface area contributed by atoms with Crippen molar-refractivity contribution in [1.29, 1.82) is 0 Å². The Hall–Kier alpha value is -2.13. The number of aromatic hydroxyl groups is 1. The summed E-state index contributed by atoms with van der Waals surface area (Å²) in [5, 5.41) is 11.3. The van der Waals surface area contributed by atoms with Crippen LogP contribution in [0.5, 0.6) is 5.75 Å². The standard InChI is InChI=1S/C15H7Cl2F6NO2/c16-10-4-9(12(25)5-11(10)17)13(26)24-8-2-6(14(18,19)20)1-7(3-8)15(21,22)23/h1-5,25H,(H,24,26). The van der Waals surface area contributed by atoms with E-state index in [1.165, 1.54) is 0 Å². The molecule has 0 fully saturated rings. The number of nitrogens with one attached hydrogen (secondary N) is 1. The fourth-order valence-corrected chi connectivity index (χ4v) is 2.27. The first-order chi connectivity index (χ1) is 11.8. The minimum absolute atomic E-state index is 0.0771. The van der Waals surface area contributed by atoms with E-state index < -0.39 is 46.4 Å². The van der Waals surface area contributed by atoms with Crippen molar-refractivity contribution in [2.45, 2.75) is 12.4 Å². The number of alkyl halides is 6. The third kappa shape index (κ3) is 4.53. The molecule has 2 aromatic carbocycles. The molecule has 0 aliphatic rings. The number of rotatable bonds is 2. The van der Waals surface area contributed by atoms with Crippen molar-refractivity contribution >= 4 is 34.8 Å². The number of anilines is 1. The second kappa shape index (κ2) is 6.88. The van der Waals surface area contributed by atoms with E-state index in [0.717, 1.165) is 12.1 Å². The topological polar surface area (TPSA) is 49.3 Å². The lowest BCUT2D eigenvalue weighted by molar-refractivity contribution is -0.143. The van der Waals surface area contributed by atoms with Gasteiger partial charge in [0.25, 0.3) is 5.91 Å².